The van der Waals surface area contributed by atoms with Gasteiger partial charge in [-0.05, 0) is 31.9 Å². The minimum atomic E-state index is -4.80. The Kier molecular flexibility index (Phi) is 6.69. The molecule has 1 amide bonds. The van der Waals surface area contributed by atoms with Crippen LogP contribution in [0.5, 0.6) is 0 Å². The molecule has 13 heteroatoms. The Labute approximate surface area is 206 Å². The minimum absolute atomic E-state index is 0.172. The van der Waals surface area contributed by atoms with Crippen LogP contribution in [0.25, 0.3) is 16.7 Å². The van der Waals surface area contributed by atoms with Gasteiger partial charge in [-0.3, -0.25) is 14.2 Å². The van der Waals surface area contributed by atoms with Gasteiger partial charge in [0.2, 0.25) is 5.43 Å². The van der Waals surface area contributed by atoms with Crippen LogP contribution in [0.4, 0.5) is 32.2 Å². The summed E-state index contributed by atoms with van der Waals surface area (Å²) in [5, 5.41) is 11.7. The van der Waals surface area contributed by atoms with Crippen molar-refractivity contribution in [1.29, 1.82) is 0 Å². The van der Waals surface area contributed by atoms with Crippen molar-refractivity contribution in [2.45, 2.75) is 44.5 Å². The number of pyridine rings is 2. The number of carbonyl (C=O) groups excluding carboxylic acids is 1. The third kappa shape index (κ3) is 5.13. The number of anilines is 1. The number of aliphatic hydroxyl groups is 1. The molecule has 2 atom stereocenters. The van der Waals surface area contributed by atoms with Gasteiger partial charge in [-0.2, -0.15) is 13.2 Å². The van der Waals surface area contributed by atoms with E-state index in [1.165, 1.54) is 19.1 Å². The highest BCUT2D eigenvalue weighted by molar-refractivity contribution is 5.97. The number of β-amino-alcohol motifs (C(OH)–C–C–N with tert-alkyl or cyclic N) is 1. The van der Waals surface area contributed by atoms with Crippen molar-refractivity contribution in [3.8, 4) is 5.69 Å². The van der Waals surface area contributed by atoms with Gasteiger partial charge in [-0.1, -0.05) is 6.92 Å². The molecule has 0 aliphatic carbocycles. The lowest BCUT2D eigenvalue weighted by Crippen LogP contribution is -2.46. The van der Waals surface area contributed by atoms with Crippen LogP contribution >= 0.6 is 0 Å². The zero-order valence-corrected chi connectivity index (χ0v) is 19.7. The summed E-state index contributed by atoms with van der Waals surface area (Å²) in [5.74, 6) is -5.20. The largest absolute Gasteiger partial charge is 0.408 e. The van der Waals surface area contributed by atoms with Crippen molar-refractivity contribution < 1.29 is 36.2 Å². The fraction of sp³-hybridized carbons (Fsp3) is 0.375. The van der Waals surface area contributed by atoms with Crippen molar-refractivity contribution in [3.05, 3.63) is 63.7 Å². The first-order chi connectivity index (χ1) is 17.2. The molecular weight excluding hydrogens is 506 g/mol. The zero-order chi connectivity index (χ0) is 27.3. The molecule has 7 nitrogen and oxygen atoms in total. The molecule has 2 unspecified atom stereocenters. The summed E-state index contributed by atoms with van der Waals surface area (Å²) in [6, 6.07) is 1.09. The number of aromatic nitrogens is 2. The van der Waals surface area contributed by atoms with Crippen molar-refractivity contribution in [1.82, 2.24) is 14.9 Å². The molecule has 4 rings (SSSR count). The Morgan fingerprint density at radius 2 is 1.86 bits per heavy atom. The molecule has 198 valence electrons. The van der Waals surface area contributed by atoms with E-state index in [4.69, 9.17) is 0 Å². The molecule has 0 radical (unpaired) electrons. The van der Waals surface area contributed by atoms with Gasteiger partial charge >= 0.3 is 6.18 Å². The molecule has 1 aliphatic rings. The smallest absolute Gasteiger partial charge is 0.388 e. The van der Waals surface area contributed by atoms with Gasteiger partial charge < -0.3 is 15.3 Å². The Morgan fingerprint density at radius 3 is 2.41 bits per heavy atom. The number of fused-ring (bicyclic) bond motifs is 1. The zero-order valence-electron chi connectivity index (χ0n) is 19.7. The summed E-state index contributed by atoms with van der Waals surface area (Å²) in [5.41, 5.74) is -4.07. The van der Waals surface area contributed by atoms with Crippen LogP contribution in [0.15, 0.2) is 35.3 Å². The second-order valence-electron chi connectivity index (χ2n) is 9.14. The predicted octanol–water partition coefficient (Wildman–Crippen LogP) is 3.83. The number of hydrogen-bond acceptors (Lipinski definition) is 5. The molecule has 0 saturated carbocycles. The highest BCUT2D eigenvalue weighted by Gasteiger charge is 2.40. The number of nitrogens with zero attached hydrogens (tertiary/aromatic N) is 3. The quantitative estimate of drug-likeness (QED) is 0.492. The highest BCUT2D eigenvalue weighted by Crippen LogP contribution is 2.29. The first-order valence-electron chi connectivity index (χ1n) is 11.3. The first kappa shape index (κ1) is 26.5. The maximum atomic E-state index is 14.8. The summed E-state index contributed by atoms with van der Waals surface area (Å²) in [6.07, 6.45) is -4.25. The fourth-order valence-electron chi connectivity index (χ4n) is 4.26. The van der Waals surface area contributed by atoms with Crippen LogP contribution in [-0.4, -0.2) is 51.5 Å². The number of nitrogens with one attached hydrogen (secondary N) is 1. The Morgan fingerprint density at radius 1 is 1.22 bits per heavy atom. The first-order valence-corrected chi connectivity index (χ1v) is 11.3. The number of amides is 1. The lowest BCUT2D eigenvalue weighted by Gasteiger charge is -2.22. The lowest BCUT2D eigenvalue weighted by atomic mass is 10.1. The summed E-state index contributed by atoms with van der Waals surface area (Å²) >= 11 is 0. The second kappa shape index (κ2) is 9.36. The van der Waals surface area contributed by atoms with Gasteiger partial charge in [-0.15, -0.1) is 0 Å². The molecule has 0 spiro atoms. The van der Waals surface area contributed by atoms with Gasteiger partial charge in [-0.25, -0.2) is 18.2 Å². The average Bonchev–Trinajstić information content (AvgIpc) is 3.16. The molecule has 1 fully saturated rings. The molecule has 0 bridgehead atoms. The van der Waals surface area contributed by atoms with E-state index < -0.39 is 64.3 Å². The van der Waals surface area contributed by atoms with Crippen LogP contribution in [0.3, 0.4) is 0 Å². The standard InChI is InChI=1S/C24H22F6N4O3/c1-3-17(24(28,29)30)31-22(36)14-10-34(19-15(26)8-12(25)9-16(19)27)21-13(20(14)35)4-5-18(32-21)33-7-6-23(2,37)11-33/h4-5,8-10,17,37H,3,6-7,11H2,1-2H3,(H,31,36). The predicted molar refractivity (Wildman–Crippen MR) is 122 cm³/mol. The minimum Gasteiger partial charge on any atom is -0.388 e. The molecule has 2 aromatic heterocycles. The van der Waals surface area contributed by atoms with E-state index in [-0.39, 0.29) is 23.4 Å². The van der Waals surface area contributed by atoms with Gasteiger partial charge in [0.1, 0.15) is 28.9 Å². The highest BCUT2D eigenvalue weighted by atomic mass is 19.4. The van der Waals surface area contributed by atoms with E-state index in [0.29, 0.717) is 35.9 Å². The van der Waals surface area contributed by atoms with E-state index in [0.717, 1.165) is 0 Å². The maximum absolute atomic E-state index is 14.8. The molecule has 2 N–H and O–H groups in total. The van der Waals surface area contributed by atoms with Crippen LogP contribution in [-0.2, 0) is 0 Å². The van der Waals surface area contributed by atoms with Crippen LogP contribution in [0, 0.1) is 17.5 Å². The summed E-state index contributed by atoms with van der Waals surface area (Å²) in [7, 11) is 0. The molecular formula is C24H22F6N4O3. The SMILES string of the molecule is CCC(NC(=O)c1cn(-c2c(F)cc(F)cc2F)c2nc(N3CCC(C)(O)C3)ccc2c1=O)C(F)(F)F. The number of halogens is 6. The van der Waals surface area contributed by atoms with Crippen molar-refractivity contribution in [3.63, 3.8) is 0 Å². The van der Waals surface area contributed by atoms with E-state index in [1.54, 1.807) is 17.1 Å². The summed E-state index contributed by atoms with van der Waals surface area (Å²) < 4.78 is 83.5. The number of hydrogen-bond donors (Lipinski definition) is 2. The molecule has 1 aliphatic heterocycles. The second-order valence-corrected chi connectivity index (χ2v) is 9.14. The van der Waals surface area contributed by atoms with E-state index in [2.05, 4.69) is 4.98 Å². The fourth-order valence-corrected chi connectivity index (χ4v) is 4.26. The average molecular weight is 528 g/mol. The molecule has 37 heavy (non-hydrogen) atoms. The van der Waals surface area contributed by atoms with Crippen LogP contribution in [0.2, 0.25) is 0 Å². The maximum Gasteiger partial charge on any atom is 0.408 e. The normalized spacial score (nSPS) is 18.9. The Bertz CT molecular complexity index is 1410. The number of alkyl halides is 3. The van der Waals surface area contributed by atoms with Crippen molar-refractivity contribution >= 4 is 22.8 Å². The van der Waals surface area contributed by atoms with Crippen molar-refractivity contribution in [2.24, 2.45) is 0 Å². The summed E-state index contributed by atoms with van der Waals surface area (Å²) in [4.78, 5) is 31.9. The van der Waals surface area contributed by atoms with Crippen LogP contribution in [0.1, 0.15) is 37.0 Å². The van der Waals surface area contributed by atoms with Gasteiger partial charge in [0.05, 0.1) is 11.0 Å². The molecule has 3 aromatic rings. The van der Waals surface area contributed by atoms with Crippen LogP contribution < -0.4 is 15.6 Å². The lowest BCUT2D eigenvalue weighted by molar-refractivity contribution is -0.153. The van der Waals surface area contributed by atoms with Crippen molar-refractivity contribution in [2.75, 3.05) is 18.0 Å². The molecule has 1 aromatic carbocycles. The molecule has 1 saturated heterocycles. The number of rotatable bonds is 5. The number of benzene rings is 1. The Balaban J connectivity index is 1.94. The Hall–Kier alpha value is -3.61. The van der Waals surface area contributed by atoms with Gasteiger partial charge in [0.15, 0.2) is 17.3 Å². The summed E-state index contributed by atoms with van der Waals surface area (Å²) in [6.45, 7) is 3.35. The van der Waals surface area contributed by atoms with Gasteiger partial charge in [0, 0.05) is 31.4 Å². The number of carbonyl (C=O) groups is 1. The third-order valence-electron chi connectivity index (χ3n) is 6.19. The van der Waals surface area contributed by atoms with E-state index in [1.807, 2.05) is 0 Å². The third-order valence-corrected chi connectivity index (χ3v) is 6.19. The topological polar surface area (TPSA) is 87.5 Å². The monoisotopic (exact) mass is 528 g/mol. The van der Waals surface area contributed by atoms with E-state index >= 15 is 0 Å². The van der Waals surface area contributed by atoms with Gasteiger partial charge in [0.25, 0.3) is 5.91 Å². The molecule has 3 heterocycles. The van der Waals surface area contributed by atoms with E-state index in [9.17, 15) is 41.0 Å².